The Labute approximate surface area is 113 Å². The summed E-state index contributed by atoms with van der Waals surface area (Å²) >= 11 is 0. The third-order valence-electron chi connectivity index (χ3n) is 6.01. The zero-order valence-electron chi connectivity index (χ0n) is 11.6. The van der Waals surface area contributed by atoms with E-state index in [1.54, 1.807) is 0 Å². The van der Waals surface area contributed by atoms with E-state index in [1.807, 2.05) is 13.0 Å². The summed E-state index contributed by atoms with van der Waals surface area (Å²) in [5.74, 6) is 0.135. The van der Waals surface area contributed by atoms with Crippen LogP contribution in [0, 0.1) is 22.7 Å². The summed E-state index contributed by atoms with van der Waals surface area (Å²) in [5, 5.41) is 20.1. The number of rotatable bonds is 1. The molecule has 4 heteroatoms. The number of cyclic esters (lactones) is 1. The van der Waals surface area contributed by atoms with Crippen LogP contribution in [-0.2, 0) is 9.53 Å². The third kappa shape index (κ3) is 1.56. The molecule has 1 aliphatic heterocycles. The van der Waals surface area contributed by atoms with Crippen LogP contribution in [0.15, 0.2) is 11.6 Å². The summed E-state index contributed by atoms with van der Waals surface area (Å²) in [7, 11) is 0. The molecule has 19 heavy (non-hydrogen) atoms. The minimum absolute atomic E-state index is 0.0148. The van der Waals surface area contributed by atoms with Crippen molar-refractivity contribution < 1.29 is 19.7 Å². The highest BCUT2D eigenvalue weighted by molar-refractivity contribution is 5.91. The summed E-state index contributed by atoms with van der Waals surface area (Å²) in [6, 6.07) is 0. The molecule has 0 bridgehead atoms. The van der Waals surface area contributed by atoms with Crippen LogP contribution in [0.5, 0.6) is 0 Å². The van der Waals surface area contributed by atoms with Gasteiger partial charge in [-0.05, 0) is 30.6 Å². The Bertz CT molecular complexity index is 443. The van der Waals surface area contributed by atoms with Crippen LogP contribution in [0.25, 0.3) is 0 Å². The molecule has 1 saturated heterocycles. The summed E-state index contributed by atoms with van der Waals surface area (Å²) in [6.45, 7) is 4.60. The fourth-order valence-electron chi connectivity index (χ4n) is 4.60. The number of hydrogen-bond donors (Lipinski definition) is 2. The first-order valence-corrected chi connectivity index (χ1v) is 7.09. The van der Waals surface area contributed by atoms with Crippen LogP contribution in [-0.4, -0.2) is 35.5 Å². The topological polar surface area (TPSA) is 66.8 Å². The molecule has 1 heterocycles. The molecule has 2 aliphatic carbocycles. The van der Waals surface area contributed by atoms with Crippen LogP contribution >= 0.6 is 0 Å². The van der Waals surface area contributed by atoms with Gasteiger partial charge in [-0.1, -0.05) is 19.9 Å². The van der Waals surface area contributed by atoms with Crippen molar-refractivity contribution in [3.05, 3.63) is 11.6 Å². The third-order valence-corrected chi connectivity index (χ3v) is 6.01. The predicted molar refractivity (Wildman–Crippen MR) is 69.2 cm³/mol. The molecule has 2 N–H and O–H groups in total. The van der Waals surface area contributed by atoms with E-state index in [2.05, 4.69) is 6.92 Å². The quantitative estimate of drug-likeness (QED) is 0.701. The molecule has 4 nitrogen and oxygen atoms in total. The van der Waals surface area contributed by atoms with Crippen molar-refractivity contribution in [1.82, 2.24) is 0 Å². The van der Waals surface area contributed by atoms with E-state index in [1.165, 1.54) is 0 Å². The second-order valence-electron chi connectivity index (χ2n) is 6.82. The number of carbonyl (C=O) groups excluding carboxylic acids is 1. The van der Waals surface area contributed by atoms with Crippen LogP contribution < -0.4 is 0 Å². The number of ether oxygens (including phenoxy) is 1. The van der Waals surface area contributed by atoms with E-state index < -0.39 is 11.5 Å². The molecular formula is C15H22O4. The lowest BCUT2D eigenvalue weighted by Gasteiger charge is -2.57. The molecule has 1 saturated carbocycles. The maximum Gasteiger partial charge on any atom is 0.334 e. The lowest BCUT2D eigenvalue weighted by Crippen LogP contribution is -2.57. The first-order valence-electron chi connectivity index (χ1n) is 7.09. The van der Waals surface area contributed by atoms with Crippen LogP contribution in [0.3, 0.4) is 0 Å². The van der Waals surface area contributed by atoms with E-state index in [9.17, 15) is 15.0 Å². The van der Waals surface area contributed by atoms with Crippen molar-refractivity contribution in [3.63, 3.8) is 0 Å². The Balaban J connectivity index is 2.04. The van der Waals surface area contributed by atoms with Crippen molar-refractivity contribution in [2.45, 2.75) is 39.2 Å². The predicted octanol–water partition coefficient (Wildman–Crippen LogP) is 1.27. The number of hydrogen-bond acceptors (Lipinski definition) is 4. The molecule has 3 aliphatic rings. The van der Waals surface area contributed by atoms with Gasteiger partial charge < -0.3 is 14.9 Å². The van der Waals surface area contributed by atoms with Crippen molar-refractivity contribution in [3.8, 4) is 0 Å². The molecule has 5 atom stereocenters. The van der Waals surface area contributed by atoms with Crippen molar-refractivity contribution >= 4 is 5.97 Å². The SMILES string of the molecule is C[C@]1(CO)[C@H]2CC=C3C(=O)OC[C@H]3[C@]2(C)CC[C@H]1O. The molecule has 106 valence electrons. The minimum atomic E-state index is -0.485. The first kappa shape index (κ1) is 13.1. The number of fused-ring (bicyclic) bond motifs is 3. The van der Waals surface area contributed by atoms with Gasteiger partial charge in [0.25, 0.3) is 0 Å². The van der Waals surface area contributed by atoms with E-state index in [0.717, 1.165) is 18.4 Å². The van der Waals surface area contributed by atoms with Gasteiger partial charge in [-0.25, -0.2) is 4.79 Å². The molecule has 0 spiro atoms. The minimum Gasteiger partial charge on any atom is -0.462 e. The first-order chi connectivity index (χ1) is 8.93. The molecule has 0 aromatic rings. The van der Waals surface area contributed by atoms with Gasteiger partial charge in [0, 0.05) is 16.9 Å². The molecule has 0 aromatic heterocycles. The molecule has 3 rings (SSSR count). The van der Waals surface area contributed by atoms with Crippen LogP contribution in [0.4, 0.5) is 0 Å². The fourth-order valence-corrected chi connectivity index (χ4v) is 4.60. The number of esters is 1. The van der Waals surface area contributed by atoms with Crippen LogP contribution in [0.2, 0.25) is 0 Å². The van der Waals surface area contributed by atoms with Gasteiger partial charge >= 0.3 is 5.97 Å². The Kier molecular flexibility index (Phi) is 2.81. The number of aliphatic hydroxyl groups is 2. The summed E-state index contributed by atoms with van der Waals surface area (Å²) in [5.41, 5.74) is 0.267. The Morgan fingerprint density at radius 2 is 2.21 bits per heavy atom. The molecule has 0 aromatic carbocycles. The normalized spacial score (nSPS) is 49.2. The zero-order chi connectivity index (χ0) is 13.8. The molecule has 0 amide bonds. The fraction of sp³-hybridized carbons (Fsp3) is 0.800. The van der Waals surface area contributed by atoms with Crippen LogP contribution in [0.1, 0.15) is 33.1 Å². The number of aliphatic hydroxyl groups excluding tert-OH is 2. The standard InChI is InChI=1S/C15H22O4/c1-14-6-5-12(17)15(2,8-16)11(14)4-3-9-10(14)7-19-13(9)18/h3,10-12,16-17H,4-8H2,1-2H3/t10-,11+,12-,14+,15+/m1/s1. The van der Waals surface area contributed by atoms with E-state index in [-0.39, 0.29) is 29.8 Å². The van der Waals surface area contributed by atoms with Gasteiger partial charge in [0.1, 0.15) is 0 Å². The van der Waals surface area contributed by atoms with Gasteiger partial charge in [-0.15, -0.1) is 0 Å². The van der Waals surface area contributed by atoms with E-state index in [4.69, 9.17) is 4.74 Å². The average Bonchev–Trinajstić information content (AvgIpc) is 2.78. The van der Waals surface area contributed by atoms with E-state index in [0.29, 0.717) is 13.0 Å². The highest BCUT2D eigenvalue weighted by Crippen LogP contribution is 2.60. The van der Waals surface area contributed by atoms with Gasteiger partial charge in [0.15, 0.2) is 0 Å². The van der Waals surface area contributed by atoms with Gasteiger partial charge in [0.2, 0.25) is 0 Å². The lowest BCUT2D eigenvalue weighted by atomic mass is 9.48. The second-order valence-corrected chi connectivity index (χ2v) is 6.82. The maximum atomic E-state index is 11.7. The van der Waals surface area contributed by atoms with Gasteiger partial charge in [-0.3, -0.25) is 0 Å². The Hall–Kier alpha value is -0.870. The van der Waals surface area contributed by atoms with Crippen molar-refractivity contribution in [2.75, 3.05) is 13.2 Å². The summed E-state index contributed by atoms with van der Waals surface area (Å²) in [6.07, 6.45) is 3.81. The van der Waals surface area contributed by atoms with Gasteiger partial charge in [0.05, 0.1) is 19.3 Å². The summed E-state index contributed by atoms with van der Waals surface area (Å²) < 4.78 is 5.21. The Morgan fingerprint density at radius 3 is 2.89 bits per heavy atom. The highest BCUT2D eigenvalue weighted by atomic mass is 16.5. The highest BCUT2D eigenvalue weighted by Gasteiger charge is 2.59. The molecular weight excluding hydrogens is 244 g/mol. The largest absolute Gasteiger partial charge is 0.462 e. The zero-order valence-corrected chi connectivity index (χ0v) is 11.6. The maximum absolute atomic E-state index is 11.7. The van der Waals surface area contributed by atoms with Crippen molar-refractivity contribution in [1.29, 1.82) is 0 Å². The molecule has 0 unspecified atom stereocenters. The number of allylic oxidation sites excluding steroid dienone is 1. The molecule has 2 fully saturated rings. The van der Waals surface area contributed by atoms with Gasteiger partial charge in [-0.2, -0.15) is 0 Å². The monoisotopic (exact) mass is 266 g/mol. The second kappa shape index (κ2) is 4.06. The smallest absolute Gasteiger partial charge is 0.334 e. The number of carbonyl (C=O) groups is 1. The average molecular weight is 266 g/mol. The molecule has 0 radical (unpaired) electrons. The van der Waals surface area contributed by atoms with Crippen molar-refractivity contribution in [2.24, 2.45) is 22.7 Å². The lowest BCUT2D eigenvalue weighted by molar-refractivity contribution is -0.144. The van der Waals surface area contributed by atoms with E-state index >= 15 is 0 Å². The Morgan fingerprint density at radius 1 is 1.47 bits per heavy atom. The summed E-state index contributed by atoms with van der Waals surface area (Å²) in [4.78, 5) is 11.7.